The number of hydrogen-bond acceptors (Lipinski definition) is 2. The fourth-order valence-electron chi connectivity index (χ4n) is 4.63. The van der Waals surface area contributed by atoms with Crippen molar-refractivity contribution in [3.8, 4) is 17.2 Å². The van der Waals surface area contributed by atoms with Crippen molar-refractivity contribution in [2.24, 2.45) is 5.92 Å². The summed E-state index contributed by atoms with van der Waals surface area (Å²) in [6.07, 6.45) is 3.00. The summed E-state index contributed by atoms with van der Waals surface area (Å²) in [5, 5.41) is 8.86. The number of hydrogen-bond donors (Lipinski definition) is 0. The monoisotopic (exact) mass is 380 g/mol. The number of rotatable bonds is 6. The van der Waals surface area contributed by atoms with Gasteiger partial charge < -0.3 is 4.90 Å². The molecule has 1 atom stereocenters. The molecule has 0 spiro atoms. The van der Waals surface area contributed by atoms with Crippen LogP contribution in [-0.4, -0.2) is 24.5 Å². The zero-order valence-corrected chi connectivity index (χ0v) is 16.9. The van der Waals surface area contributed by atoms with Crippen molar-refractivity contribution in [2.75, 3.05) is 19.6 Å². The lowest BCUT2D eigenvalue weighted by Gasteiger charge is -2.36. The van der Waals surface area contributed by atoms with Crippen LogP contribution < -0.4 is 0 Å². The zero-order chi connectivity index (χ0) is 19.9. The Morgan fingerprint density at radius 3 is 1.93 bits per heavy atom. The Morgan fingerprint density at radius 2 is 1.31 bits per heavy atom. The maximum Gasteiger partial charge on any atom is 0.0635 e. The van der Waals surface area contributed by atoms with Crippen LogP contribution in [0.5, 0.6) is 0 Å². The van der Waals surface area contributed by atoms with Crippen LogP contribution in [0.3, 0.4) is 0 Å². The summed E-state index contributed by atoms with van der Waals surface area (Å²) in [5.41, 5.74) is 5.36. The lowest BCUT2D eigenvalue weighted by Crippen LogP contribution is -2.36. The van der Waals surface area contributed by atoms with Crippen LogP contribution in [0.25, 0.3) is 11.1 Å². The molecular weight excluding hydrogens is 352 g/mol. The van der Waals surface area contributed by atoms with Gasteiger partial charge >= 0.3 is 0 Å². The third-order valence-electron chi connectivity index (χ3n) is 6.18. The van der Waals surface area contributed by atoms with E-state index in [0.717, 1.165) is 19.6 Å². The van der Waals surface area contributed by atoms with E-state index in [1.165, 1.54) is 35.1 Å². The summed E-state index contributed by atoms with van der Waals surface area (Å²) >= 11 is 0. The van der Waals surface area contributed by atoms with E-state index in [0.29, 0.717) is 18.3 Å². The fraction of sp³-hybridized carbons (Fsp3) is 0.296. The molecule has 2 nitrogen and oxygen atoms in total. The first kappa shape index (κ1) is 19.4. The second-order valence-corrected chi connectivity index (χ2v) is 7.96. The molecule has 1 saturated heterocycles. The largest absolute Gasteiger partial charge is 0.302 e. The molecule has 29 heavy (non-hydrogen) atoms. The molecule has 0 radical (unpaired) electrons. The van der Waals surface area contributed by atoms with Crippen LogP contribution in [0.1, 0.15) is 36.3 Å². The van der Waals surface area contributed by atoms with Gasteiger partial charge in [0.25, 0.3) is 0 Å². The average Bonchev–Trinajstić information content (AvgIpc) is 2.80. The molecule has 1 aliphatic heterocycles. The highest BCUT2D eigenvalue weighted by atomic mass is 15.1. The molecule has 3 aromatic rings. The van der Waals surface area contributed by atoms with Crippen LogP contribution in [0.15, 0.2) is 84.9 Å². The summed E-state index contributed by atoms with van der Waals surface area (Å²) < 4.78 is 0. The van der Waals surface area contributed by atoms with Crippen molar-refractivity contribution < 1.29 is 0 Å². The third kappa shape index (κ3) is 4.75. The van der Waals surface area contributed by atoms with Crippen LogP contribution >= 0.6 is 0 Å². The molecule has 0 saturated carbocycles. The van der Waals surface area contributed by atoms with Gasteiger partial charge in [-0.1, -0.05) is 84.9 Å². The minimum absolute atomic E-state index is 0.430. The second-order valence-electron chi connectivity index (χ2n) is 7.96. The van der Waals surface area contributed by atoms with Crippen molar-refractivity contribution >= 4 is 0 Å². The van der Waals surface area contributed by atoms with Gasteiger partial charge in [-0.15, -0.1) is 0 Å². The second kappa shape index (κ2) is 9.54. The Morgan fingerprint density at radius 1 is 0.759 bits per heavy atom. The first-order valence-corrected chi connectivity index (χ1v) is 10.6. The first-order valence-electron chi connectivity index (χ1n) is 10.6. The highest BCUT2D eigenvalue weighted by molar-refractivity contribution is 5.63. The lowest BCUT2D eigenvalue weighted by atomic mass is 9.76. The van der Waals surface area contributed by atoms with Gasteiger partial charge in [0.05, 0.1) is 6.07 Å². The third-order valence-corrected chi connectivity index (χ3v) is 6.18. The van der Waals surface area contributed by atoms with Gasteiger partial charge in [0.1, 0.15) is 0 Å². The smallest absolute Gasteiger partial charge is 0.0635 e. The molecule has 0 N–H and O–H groups in total. The number of piperidine rings is 1. The molecule has 146 valence electrons. The summed E-state index contributed by atoms with van der Waals surface area (Å²) in [4.78, 5) is 2.44. The normalized spacial score (nSPS) is 16.2. The quantitative estimate of drug-likeness (QED) is 0.516. The Labute approximate surface area is 174 Å². The van der Waals surface area contributed by atoms with E-state index >= 15 is 0 Å². The van der Waals surface area contributed by atoms with Crippen LogP contribution in [0.4, 0.5) is 0 Å². The van der Waals surface area contributed by atoms with Crippen molar-refractivity contribution in [3.63, 3.8) is 0 Å². The van der Waals surface area contributed by atoms with Gasteiger partial charge in [0, 0.05) is 18.9 Å². The Hall–Kier alpha value is -2.89. The molecule has 3 aromatic carbocycles. The highest BCUT2D eigenvalue weighted by Crippen LogP contribution is 2.38. The van der Waals surface area contributed by atoms with Crippen LogP contribution in [-0.2, 0) is 0 Å². The number of nitrogens with zero attached hydrogens (tertiary/aromatic N) is 2. The molecule has 0 amide bonds. The number of likely N-dealkylation sites (tertiary alicyclic amines) is 1. The van der Waals surface area contributed by atoms with Gasteiger partial charge in [-0.25, -0.2) is 0 Å². The van der Waals surface area contributed by atoms with E-state index in [1.807, 2.05) is 0 Å². The van der Waals surface area contributed by atoms with E-state index in [-0.39, 0.29) is 0 Å². The van der Waals surface area contributed by atoms with Crippen molar-refractivity contribution in [1.29, 1.82) is 5.26 Å². The summed E-state index contributed by atoms with van der Waals surface area (Å²) in [6.45, 7) is 3.10. The van der Waals surface area contributed by atoms with E-state index in [4.69, 9.17) is 5.26 Å². The minimum Gasteiger partial charge on any atom is -0.302 e. The topological polar surface area (TPSA) is 27.0 Å². The minimum atomic E-state index is 0.430. The van der Waals surface area contributed by atoms with E-state index < -0.39 is 0 Å². The Bertz CT molecular complexity index is 918. The summed E-state index contributed by atoms with van der Waals surface area (Å²) in [5.74, 6) is 1.07. The zero-order valence-electron chi connectivity index (χ0n) is 16.9. The Kier molecular flexibility index (Phi) is 6.39. The van der Waals surface area contributed by atoms with Crippen molar-refractivity contribution in [2.45, 2.75) is 25.2 Å². The first-order chi connectivity index (χ1) is 14.3. The van der Waals surface area contributed by atoms with Gasteiger partial charge in [0.15, 0.2) is 0 Å². The van der Waals surface area contributed by atoms with Gasteiger partial charge in [-0.2, -0.15) is 5.26 Å². The molecule has 1 fully saturated rings. The molecule has 0 aliphatic carbocycles. The fourth-order valence-corrected chi connectivity index (χ4v) is 4.63. The van der Waals surface area contributed by atoms with Crippen LogP contribution in [0.2, 0.25) is 0 Å². The van der Waals surface area contributed by atoms with E-state index in [9.17, 15) is 0 Å². The SMILES string of the molecule is N#CCCN1CCC(C(c2ccccc2)c2ccc(-c3ccccc3)cc2)CC1. The molecular formula is C27H28N2. The molecule has 2 heteroatoms. The molecule has 1 unspecified atom stereocenters. The maximum atomic E-state index is 8.86. The van der Waals surface area contributed by atoms with Gasteiger partial charge in [0.2, 0.25) is 0 Å². The summed E-state index contributed by atoms with van der Waals surface area (Å²) in [6, 6.07) is 33.0. The van der Waals surface area contributed by atoms with Gasteiger partial charge in [-0.3, -0.25) is 0 Å². The predicted octanol–water partition coefficient (Wildman–Crippen LogP) is 6.11. The molecule has 1 heterocycles. The van der Waals surface area contributed by atoms with Gasteiger partial charge in [-0.05, 0) is 54.1 Å². The summed E-state index contributed by atoms with van der Waals surface area (Å²) in [7, 11) is 0. The van der Waals surface area contributed by atoms with Crippen LogP contribution in [0, 0.1) is 17.2 Å². The standard InChI is InChI=1S/C27H28N2/c28-18-7-19-29-20-16-26(17-21-29)27(24-10-5-2-6-11-24)25-14-12-23(13-15-25)22-8-3-1-4-9-22/h1-6,8-15,26-27H,7,16-17,19-21H2. The van der Waals surface area contributed by atoms with E-state index in [1.54, 1.807) is 0 Å². The molecule has 1 aliphatic rings. The molecule has 0 bridgehead atoms. The number of nitriles is 1. The molecule has 4 rings (SSSR count). The Balaban J connectivity index is 1.57. The molecule has 0 aromatic heterocycles. The maximum absolute atomic E-state index is 8.86. The average molecular weight is 381 g/mol. The van der Waals surface area contributed by atoms with Crippen molar-refractivity contribution in [1.82, 2.24) is 4.90 Å². The number of benzene rings is 3. The lowest BCUT2D eigenvalue weighted by molar-refractivity contribution is 0.178. The van der Waals surface area contributed by atoms with Crippen molar-refractivity contribution in [3.05, 3.63) is 96.1 Å². The predicted molar refractivity (Wildman–Crippen MR) is 120 cm³/mol. The van der Waals surface area contributed by atoms with E-state index in [2.05, 4.69) is 95.9 Å². The highest BCUT2D eigenvalue weighted by Gasteiger charge is 2.28.